The fraction of sp³-hybridized carbons (Fsp3) is 0.422. The van der Waals surface area contributed by atoms with Gasteiger partial charge in [0.05, 0.1) is 44.8 Å². The molecule has 5 rings (SSSR count). The molecule has 318 valence electrons. The number of carbonyl (C=O) groups is 1. The highest BCUT2D eigenvalue weighted by molar-refractivity contribution is 7.84. The number of nitrogens with one attached hydrogen (secondary N) is 1. The first kappa shape index (κ1) is 46.1. The summed E-state index contributed by atoms with van der Waals surface area (Å²) in [6.45, 7) is 20.5. The number of methoxy groups -OCH3 is 3. The van der Waals surface area contributed by atoms with Crippen LogP contribution in [0.2, 0.25) is 0 Å². The number of rotatable bonds is 18. The van der Waals surface area contributed by atoms with Crippen LogP contribution in [-0.4, -0.2) is 68.8 Å². The Morgan fingerprint density at radius 2 is 1.54 bits per heavy atom. The van der Waals surface area contributed by atoms with Crippen LogP contribution in [0.1, 0.15) is 89.6 Å². The average Bonchev–Trinajstić information content (AvgIpc) is 3.60. The van der Waals surface area contributed by atoms with Gasteiger partial charge in [-0.3, -0.25) is 4.21 Å². The summed E-state index contributed by atoms with van der Waals surface area (Å²) in [5.74, 6) is 3.14. The third-order valence-electron chi connectivity index (χ3n) is 8.79. The molecule has 0 saturated heterocycles. The fourth-order valence-electron chi connectivity index (χ4n) is 6.16. The van der Waals surface area contributed by atoms with Gasteiger partial charge in [-0.05, 0) is 75.9 Å². The Kier molecular flexibility index (Phi) is 16.7. The van der Waals surface area contributed by atoms with Crippen molar-refractivity contribution in [2.75, 3.05) is 32.0 Å². The highest BCUT2D eigenvalue weighted by Gasteiger charge is 2.28. The zero-order valence-corrected chi connectivity index (χ0v) is 37.2. The largest absolute Gasteiger partial charge is 0.497 e. The van der Waals surface area contributed by atoms with Crippen molar-refractivity contribution in [2.24, 2.45) is 0 Å². The second-order valence-corrected chi connectivity index (χ2v) is 16.2. The van der Waals surface area contributed by atoms with Gasteiger partial charge in [0.2, 0.25) is 5.16 Å². The lowest BCUT2D eigenvalue weighted by Crippen LogP contribution is -2.32. The molecule has 1 unspecified atom stereocenters. The molecule has 0 bridgehead atoms. The Balaban J connectivity index is 0.00000378. The predicted molar refractivity (Wildman–Crippen MR) is 235 cm³/mol. The molecule has 0 aliphatic heterocycles. The second-order valence-electron chi connectivity index (χ2n) is 14.7. The summed E-state index contributed by atoms with van der Waals surface area (Å²) in [5, 5.41) is 12.6. The highest BCUT2D eigenvalue weighted by atomic mass is 32.2. The molecule has 0 radical (unpaired) electrons. The van der Waals surface area contributed by atoms with Crippen LogP contribution in [0.4, 0.5) is 10.6 Å². The van der Waals surface area contributed by atoms with Gasteiger partial charge in [-0.15, -0.1) is 10.2 Å². The number of carbonyl (C=O) groups excluding carboxylic acids is 1. The Morgan fingerprint density at radius 1 is 0.915 bits per heavy atom. The number of aromatic nitrogens is 4. The number of imidazole rings is 1. The predicted octanol–water partition coefficient (Wildman–Crippen LogP) is 9.11. The van der Waals surface area contributed by atoms with E-state index in [2.05, 4.69) is 21.9 Å². The van der Waals surface area contributed by atoms with Crippen molar-refractivity contribution in [3.8, 4) is 23.1 Å². The minimum absolute atomic E-state index is 0.231. The van der Waals surface area contributed by atoms with Gasteiger partial charge in [-0.25, -0.2) is 9.78 Å². The molecule has 0 aliphatic carbocycles. The van der Waals surface area contributed by atoms with E-state index in [-0.39, 0.29) is 12.0 Å². The number of amides is 1. The summed E-state index contributed by atoms with van der Waals surface area (Å²) < 4.78 is 44.8. The molecule has 0 spiro atoms. The molecule has 1 amide bonds. The SMILES string of the molecule is C=Cc1ccc(CN(Cc2ccc(OC)cc2OC)c2nnc(OC(C)C)c3c2nc(S(=O)CCC)n3Cc2ccc(CNC(=O)OC(C)(C)C)cc2)c(OC)c1.CC. The van der Waals surface area contributed by atoms with Crippen molar-refractivity contribution in [1.29, 1.82) is 0 Å². The number of anilines is 1. The standard InChI is InChI=1S/C43H54N6O7S.C2H6/c1-11-21-57(51)41-45-37-38(49(41)25-31-15-13-30(14-16-31)24-44-42(50)56-43(5,6)7)40(55-28(3)4)47-46-39(37)48(26-32-18-17-29(12-2)22-35(32)53-9)27-33-19-20-34(52-8)23-36(33)54-10;1-2/h12-20,22-23,28H,2,11,21,24-27H2,1,3-10H3,(H,44,50);1-2H3. The summed E-state index contributed by atoms with van der Waals surface area (Å²) in [6.07, 6.45) is 1.75. The van der Waals surface area contributed by atoms with E-state index in [1.54, 1.807) is 27.4 Å². The van der Waals surface area contributed by atoms with Gasteiger partial charge in [-0.2, -0.15) is 0 Å². The fourth-order valence-corrected chi connectivity index (χ4v) is 7.31. The third kappa shape index (κ3) is 12.2. The summed E-state index contributed by atoms with van der Waals surface area (Å²) in [5.41, 5.74) is 4.97. The quantitative estimate of drug-likeness (QED) is 0.0905. The monoisotopic (exact) mass is 828 g/mol. The average molecular weight is 829 g/mol. The van der Waals surface area contributed by atoms with Crippen molar-refractivity contribution >= 4 is 39.8 Å². The van der Waals surface area contributed by atoms with E-state index in [0.29, 0.717) is 77.6 Å². The third-order valence-corrected chi connectivity index (χ3v) is 10.3. The molecule has 0 fully saturated rings. The van der Waals surface area contributed by atoms with Gasteiger partial charge in [0.25, 0.3) is 5.88 Å². The zero-order chi connectivity index (χ0) is 43.3. The molecule has 1 N–H and O–H groups in total. The molecule has 0 aliphatic rings. The number of alkyl carbamates (subject to hydrolysis) is 1. The lowest BCUT2D eigenvalue weighted by atomic mass is 10.1. The maximum absolute atomic E-state index is 14.0. The number of ether oxygens (including phenoxy) is 5. The van der Waals surface area contributed by atoms with E-state index in [9.17, 15) is 9.00 Å². The van der Waals surface area contributed by atoms with Crippen LogP contribution in [0.5, 0.6) is 23.1 Å². The number of benzene rings is 3. The number of hydrogen-bond acceptors (Lipinski definition) is 11. The maximum atomic E-state index is 14.0. The smallest absolute Gasteiger partial charge is 0.407 e. The van der Waals surface area contributed by atoms with Crippen LogP contribution in [0.3, 0.4) is 0 Å². The van der Waals surface area contributed by atoms with E-state index >= 15 is 0 Å². The second kappa shape index (κ2) is 21.4. The van der Waals surface area contributed by atoms with Crippen LogP contribution >= 0.6 is 0 Å². The first-order valence-electron chi connectivity index (χ1n) is 19.9. The highest BCUT2D eigenvalue weighted by Crippen LogP contribution is 2.37. The van der Waals surface area contributed by atoms with Crippen LogP contribution in [-0.2, 0) is 41.7 Å². The van der Waals surface area contributed by atoms with Crippen molar-refractivity contribution in [3.05, 3.63) is 95.1 Å². The van der Waals surface area contributed by atoms with Gasteiger partial charge in [0.15, 0.2) is 5.82 Å². The van der Waals surface area contributed by atoms with Crippen LogP contribution in [0.25, 0.3) is 17.1 Å². The van der Waals surface area contributed by atoms with Crippen molar-refractivity contribution in [3.63, 3.8) is 0 Å². The van der Waals surface area contributed by atoms with Crippen molar-refractivity contribution in [1.82, 2.24) is 25.1 Å². The topological polar surface area (TPSA) is 139 Å². The molecule has 0 saturated carbocycles. The lowest BCUT2D eigenvalue weighted by molar-refractivity contribution is 0.0523. The summed E-state index contributed by atoms with van der Waals surface area (Å²) in [4.78, 5) is 19.4. The lowest BCUT2D eigenvalue weighted by Gasteiger charge is -2.26. The molecule has 2 aromatic heterocycles. The molecule has 59 heavy (non-hydrogen) atoms. The Morgan fingerprint density at radius 3 is 2.12 bits per heavy atom. The first-order chi connectivity index (χ1) is 28.3. The van der Waals surface area contributed by atoms with E-state index in [4.69, 9.17) is 33.8 Å². The van der Waals surface area contributed by atoms with Gasteiger partial charge in [0.1, 0.15) is 33.9 Å². The number of fused-ring (bicyclic) bond motifs is 1. The molecular weight excluding hydrogens is 769 g/mol. The molecule has 2 heterocycles. The Bertz CT molecular complexity index is 2200. The maximum Gasteiger partial charge on any atom is 0.407 e. The molecule has 1 atom stereocenters. The van der Waals surface area contributed by atoms with Crippen molar-refractivity contribution < 1.29 is 32.7 Å². The van der Waals surface area contributed by atoms with Crippen LogP contribution in [0, 0.1) is 0 Å². The van der Waals surface area contributed by atoms with Crippen LogP contribution < -0.4 is 29.2 Å². The van der Waals surface area contributed by atoms with Gasteiger partial charge in [0, 0.05) is 42.6 Å². The Hall–Kier alpha value is -5.63. The van der Waals surface area contributed by atoms with Gasteiger partial charge in [-0.1, -0.05) is 69.8 Å². The van der Waals surface area contributed by atoms with E-state index in [1.807, 2.05) is 121 Å². The minimum Gasteiger partial charge on any atom is -0.497 e. The minimum atomic E-state index is -1.46. The Labute approximate surface area is 351 Å². The molecule has 14 heteroatoms. The van der Waals surface area contributed by atoms with Gasteiger partial charge >= 0.3 is 6.09 Å². The summed E-state index contributed by atoms with van der Waals surface area (Å²) >= 11 is 0. The van der Waals surface area contributed by atoms with E-state index < -0.39 is 22.5 Å². The number of nitrogens with zero attached hydrogens (tertiary/aromatic N) is 5. The van der Waals surface area contributed by atoms with Gasteiger partial charge < -0.3 is 38.5 Å². The normalized spacial score (nSPS) is 11.7. The van der Waals surface area contributed by atoms with E-state index in [1.165, 1.54) is 0 Å². The first-order valence-corrected chi connectivity index (χ1v) is 21.2. The van der Waals surface area contributed by atoms with Crippen molar-refractivity contribution in [2.45, 2.75) is 105 Å². The number of hydrogen-bond donors (Lipinski definition) is 1. The van der Waals surface area contributed by atoms with E-state index in [0.717, 1.165) is 27.8 Å². The van der Waals surface area contributed by atoms with Crippen LogP contribution in [0.15, 0.2) is 72.4 Å². The summed E-state index contributed by atoms with van der Waals surface area (Å²) in [7, 11) is 3.41. The molecule has 13 nitrogen and oxygen atoms in total. The molecule has 3 aromatic carbocycles. The zero-order valence-electron chi connectivity index (χ0n) is 36.4. The molecule has 5 aromatic rings. The molecular formula is C45H60N6O7S. The summed E-state index contributed by atoms with van der Waals surface area (Å²) in [6, 6.07) is 19.4.